The minimum atomic E-state index is -0.412. The number of carbonyl (C=O) groups is 1. The zero-order chi connectivity index (χ0) is 12.4. The summed E-state index contributed by atoms with van der Waals surface area (Å²) in [6.07, 6.45) is 0.0712. The number of benzene rings is 1. The second-order valence-electron chi connectivity index (χ2n) is 4.64. The van der Waals surface area contributed by atoms with Crippen LogP contribution in [0.2, 0.25) is 0 Å². The largest absolute Gasteiger partial charge is 0.392 e. The molecule has 0 aliphatic carbocycles. The molecule has 0 bridgehead atoms. The summed E-state index contributed by atoms with van der Waals surface area (Å²) in [6.45, 7) is 4.55. The van der Waals surface area contributed by atoms with E-state index in [1.807, 2.05) is 32.0 Å². The van der Waals surface area contributed by atoms with Gasteiger partial charge in [0.1, 0.15) is 0 Å². The van der Waals surface area contributed by atoms with Crippen molar-refractivity contribution in [3.63, 3.8) is 0 Å². The molecule has 0 saturated carbocycles. The average Bonchev–Trinajstić information content (AvgIpc) is 2.70. The molecule has 1 aromatic rings. The van der Waals surface area contributed by atoms with Crippen molar-refractivity contribution in [2.45, 2.75) is 32.4 Å². The van der Waals surface area contributed by atoms with E-state index in [2.05, 4.69) is 10.6 Å². The monoisotopic (exact) mass is 270 g/mol. The van der Waals surface area contributed by atoms with Crippen molar-refractivity contribution < 1.29 is 9.90 Å². The van der Waals surface area contributed by atoms with E-state index in [-0.39, 0.29) is 24.4 Å². The second-order valence-corrected chi connectivity index (χ2v) is 4.64. The van der Waals surface area contributed by atoms with Gasteiger partial charge in [-0.1, -0.05) is 6.07 Å². The Kier molecular flexibility index (Phi) is 5.14. The van der Waals surface area contributed by atoms with Crippen molar-refractivity contribution in [1.29, 1.82) is 0 Å². The fourth-order valence-electron chi connectivity index (χ4n) is 1.97. The number of anilines is 1. The van der Waals surface area contributed by atoms with Crippen LogP contribution in [0.1, 0.15) is 17.5 Å². The minimum Gasteiger partial charge on any atom is -0.392 e. The summed E-state index contributed by atoms with van der Waals surface area (Å²) >= 11 is 0. The SMILES string of the molecule is Cc1ccc(NC(=O)C2CC(O)CN2)cc1C.Cl. The van der Waals surface area contributed by atoms with Crippen LogP contribution in [0.3, 0.4) is 0 Å². The number of carbonyl (C=O) groups excluding carboxylic acids is 1. The predicted octanol–water partition coefficient (Wildman–Crippen LogP) is 1.39. The first-order valence-corrected chi connectivity index (χ1v) is 5.86. The third-order valence-corrected chi connectivity index (χ3v) is 3.20. The maximum atomic E-state index is 11.9. The van der Waals surface area contributed by atoms with Gasteiger partial charge in [0.15, 0.2) is 0 Å². The normalized spacial score (nSPS) is 22.4. The van der Waals surface area contributed by atoms with Crippen molar-refractivity contribution >= 4 is 24.0 Å². The zero-order valence-electron chi connectivity index (χ0n) is 10.6. The summed E-state index contributed by atoms with van der Waals surface area (Å²) in [4.78, 5) is 11.9. The molecule has 0 aromatic heterocycles. The summed E-state index contributed by atoms with van der Waals surface area (Å²) in [5, 5.41) is 15.2. The molecule has 5 heteroatoms. The van der Waals surface area contributed by atoms with Gasteiger partial charge in [-0.2, -0.15) is 0 Å². The van der Waals surface area contributed by atoms with E-state index in [0.717, 1.165) is 11.3 Å². The molecule has 100 valence electrons. The highest BCUT2D eigenvalue weighted by atomic mass is 35.5. The van der Waals surface area contributed by atoms with E-state index in [4.69, 9.17) is 0 Å². The maximum absolute atomic E-state index is 11.9. The molecule has 3 N–H and O–H groups in total. The van der Waals surface area contributed by atoms with Crippen LogP contribution >= 0.6 is 12.4 Å². The lowest BCUT2D eigenvalue weighted by atomic mass is 10.1. The molecule has 1 heterocycles. The van der Waals surface area contributed by atoms with E-state index in [0.29, 0.717) is 13.0 Å². The Morgan fingerprint density at radius 3 is 2.67 bits per heavy atom. The van der Waals surface area contributed by atoms with E-state index < -0.39 is 6.10 Å². The number of β-amino-alcohol motifs (C(OH)–C–C–N with tert-alkyl or cyclic N) is 1. The smallest absolute Gasteiger partial charge is 0.241 e. The number of hydrogen-bond acceptors (Lipinski definition) is 3. The molecule has 0 spiro atoms. The Hall–Kier alpha value is -1.10. The zero-order valence-corrected chi connectivity index (χ0v) is 11.4. The van der Waals surface area contributed by atoms with Crippen molar-refractivity contribution in [2.75, 3.05) is 11.9 Å². The summed E-state index contributed by atoms with van der Waals surface area (Å²) in [5.74, 6) is -0.0789. The van der Waals surface area contributed by atoms with E-state index >= 15 is 0 Å². The minimum absolute atomic E-state index is 0. The number of aryl methyl sites for hydroxylation is 2. The van der Waals surface area contributed by atoms with Crippen molar-refractivity contribution in [1.82, 2.24) is 5.32 Å². The van der Waals surface area contributed by atoms with Crippen LogP contribution in [0.5, 0.6) is 0 Å². The van der Waals surface area contributed by atoms with Gasteiger partial charge in [0.05, 0.1) is 12.1 Å². The number of hydrogen-bond donors (Lipinski definition) is 3. The van der Waals surface area contributed by atoms with Crippen LogP contribution in [0.4, 0.5) is 5.69 Å². The van der Waals surface area contributed by atoms with E-state index in [1.54, 1.807) is 0 Å². The molecular weight excluding hydrogens is 252 g/mol. The van der Waals surface area contributed by atoms with Crippen molar-refractivity contribution in [2.24, 2.45) is 0 Å². The molecule has 1 saturated heterocycles. The van der Waals surface area contributed by atoms with Gasteiger partial charge in [0, 0.05) is 12.2 Å². The first kappa shape index (κ1) is 15.0. The van der Waals surface area contributed by atoms with Crippen LogP contribution in [-0.2, 0) is 4.79 Å². The summed E-state index contributed by atoms with van der Waals surface area (Å²) in [6, 6.07) is 5.55. The Balaban J connectivity index is 0.00000162. The van der Waals surface area contributed by atoms with Crippen molar-refractivity contribution in [3.05, 3.63) is 29.3 Å². The summed E-state index contributed by atoms with van der Waals surface area (Å²) < 4.78 is 0. The number of aliphatic hydroxyl groups excluding tert-OH is 1. The van der Waals surface area contributed by atoms with Crippen LogP contribution in [-0.4, -0.2) is 29.7 Å². The molecule has 1 amide bonds. The van der Waals surface area contributed by atoms with Crippen LogP contribution in [0.15, 0.2) is 18.2 Å². The van der Waals surface area contributed by atoms with Gasteiger partial charge in [0.2, 0.25) is 5.91 Å². The van der Waals surface area contributed by atoms with E-state index in [9.17, 15) is 9.90 Å². The fourth-order valence-corrected chi connectivity index (χ4v) is 1.97. The first-order valence-electron chi connectivity index (χ1n) is 5.86. The molecule has 1 aliphatic rings. The first-order chi connectivity index (χ1) is 8.06. The number of aliphatic hydroxyl groups is 1. The quantitative estimate of drug-likeness (QED) is 0.761. The molecule has 1 aliphatic heterocycles. The van der Waals surface area contributed by atoms with Gasteiger partial charge in [-0.15, -0.1) is 12.4 Å². The van der Waals surface area contributed by atoms with Crippen LogP contribution in [0, 0.1) is 13.8 Å². The molecule has 0 radical (unpaired) electrons. The fraction of sp³-hybridized carbons (Fsp3) is 0.462. The van der Waals surface area contributed by atoms with Crippen LogP contribution < -0.4 is 10.6 Å². The standard InChI is InChI=1S/C13H18N2O2.ClH/c1-8-3-4-10(5-9(8)2)15-13(17)12-6-11(16)7-14-12;/h3-5,11-12,14,16H,6-7H2,1-2H3,(H,15,17);1H. The summed E-state index contributed by atoms with van der Waals surface area (Å²) in [5.41, 5.74) is 3.17. The highest BCUT2D eigenvalue weighted by Crippen LogP contribution is 2.15. The maximum Gasteiger partial charge on any atom is 0.241 e. The summed E-state index contributed by atoms with van der Waals surface area (Å²) in [7, 11) is 0. The van der Waals surface area contributed by atoms with Gasteiger partial charge in [-0.05, 0) is 43.5 Å². The molecule has 2 atom stereocenters. The predicted molar refractivity (Wildman–Crippen MR) is 74.2 cm³/mol. The van der Waals surface area contributed by atoms with Crippen molar-refractivity contribution in [3.8, 4) is 0 Å². The highest BCUT2D eigenvalue weighted by molar-refractivity contribution is 5.95. The Labute approximate surface area is 113 Å². The van der Waals surface area contributed by atoms with Gasteiger partial charge < -0.3 is 15.7 Å². The van der Waals surface area contributed by atoms with Gasteiger partial charge in [-0.25, -0.2) is 0 Å². The van der Waals surface area contributed by atoms with E-state index in [1.165, 1.54) is 5.56 Å². The Bertz CT molecular complexity index is 437. The molecule has 1 fully saturated rings. The third-order valence-electron chi connectivity index (χ3n) is 3.20. The van der Waals surface area contributed by atoms with Gasteiger partial charge >= 0.3 is 0 Å². The number of rotatable bonds is 2. The molecule has 1 aromatic carbocycles. The Morgan fingerprint density at radius 1 is 1.39 bits per heavy atom. The van der Waals surface area contributed by atoms with Crippen LogP contribution in [0.25, 0.3) is 0 Å². The Morgan fingerprint density at radius 2 is 2.11 bits per heavy atom. The topological polar surface area (TPSA) is 61.4 Å². The number of halogens is 1. The number of nitrogens with one attached hydrogen (secondary N) is 2. The van der Waals surface area contributed by atoms with Gasteiger partial charge in [0.25, 0.3) is 0 Å². The lowest BCUT2D eigenvalue weighted by Crippen LogP contribution is -2.35. The molecule has 2 unspecified atom stereocenters. The molecular formula is C13H19ClN2O2. The van der Waals surface area contributed by atoms with Gasteiger partial charge in [-0.3, -0.25) is 4.79 Å². The molecule has 18 heavy (non-hydrogen) atoms. The average molecular weight is 271 g/mol. The highest BCUT2D eigenvalue weighted by Gasteiger charge is 2.27. The molecule has 4 nitrogen and oxygen atoms in total. The lowest BCUT2D eigenvalue weighted by molar-refractivity contribution is -0.117. The number of amides is 1. The third kappa shape index (κ3) is 3.45. The lowest BCUT2D eigenvalue weighted by Gasteiger charge is -2.12. The second kappa shape index (κ2) is 6.18. The molecule has 2 rings (SSSR count).